The molecule has 1 N–H and O–H groups in total. The molecule has 2 saturated heterocycles. The fraction of sp³-hybridized carbons (Fsp3) is 0.667. The van der Waals surface area contributed by atoms with Gasteiger partial charge in [-0.2, -0.15) is 0 Å². The zero-order valence-electron chi connectivity index (χ0n) is 14.3. The van der Waals surface area contributed by atoms with Gasteiger partial charge >= 0.3 is 0 Å². The third kappa shape index (κ3) is 3.96. The lowest BCUT2D eigenvalue weighted by molar-refractivity contribution is -0.902. The summed E-state index contributed by atoms with van der Waals surface area (Å²) in [6, 6.07) is 0. The summed E-state index contributed by atoms with van der Waals surface area (Å²) >= 11 is 5.04. The Hall–Kier alpha value is -1.87. The third-order valence-corrected chi connectivity index (χ3v) is 5.08. The molecule has 24 heavy (non-hydrogen) atoms. The normalized spacial score (nSPS) is 21.3. The number of rotatable bonds is 4. The number of carbonyl (C=O) groups is 3. The minimum atomic E-state index is -0.892. The van der Waals surface area contributed by atoms with E-state index in [0.717, 1.165) is 32.7 Å². The Labute approximate surface area is 147 Å². The van der Waals surface area contributed by atoms with Crippen molar-refractivity contribution < 1.29 is 19.3 Å². The molecule has 0 bridgehead atoms. The highest BCUT2D eigenvalue weighted by Crippen LogP contribution is 2.13. The first-order valence-electron chi connectivity index (χ1n) is 8.01. The molecule has 8 nitrogen and oxygen atoms in total. The summed E-state index contributed by atoms with van der Waals surface area (Å²) in [5.74, 6) is -1.45. The molecule has 0 unspecified atom stereocenters. The average Bonchev–Trinajstić information content (AvgIpc) is 2.58. The van der Waals surface area contributed by atoms with Crippen molar-refractivity contribution >= 4 is 41.3 Å². The minimum absolute atomic E-state index is 0.118. The van der Waals surface area contributed by atoms with Crippen molar-refractivity contribution in [2.75, 3.05) is 53.4 Å². The lowest BCUT2D eigenvalue weighted by Crippen LogP contribution is -3.15. The van der Waals surface area contributed by atoms with Gasteiger partial charge in [0, 0.05) is 27.2 Å². The molecule has 2 aliphatic rings. The molecule has 3 amide bonds. The molecule has 0 aromatic carbocycles. The number of nitrogens with zero attached hydrogens (tertiary/aromatic N) is 4. The van der Waals surface area contributed by atoms with E-state index in [-0.39, 0.29) is 22.8 Å². The predicted molar refractivity (Wildman–Crippen MR) is 92.8 cm³/mol. The van der Waals surface area contributed by atoms with Gasteiger partial charge in [-0.15, -0.1) is 0 Å². The van der Waals surface area contributed by atoms with Gasteiger partial charge in [0.05, 0.1) is 39.3 Å². The van der Waals surface area contributed by atoms with E-state index in [0.29, 0.717) is 6.54 Å². The molecule has 0 aromatic heterocycles. The van der Waals surface area contributed by atoms with Crippen LogP contribution in [0.25, 0.3) is 0 Å². The lowest BCUT2D eigenvalue weighted by atomic mass is 10.1. The third-order valence-electron chi connectivity index (χ3n) is 4.53. The number of aliphatic imine (C=N–C) groups is 1. The first kappa shape index (κ1) is 18.5. The van der Waals surface area contributed by atoms with Gasteiger partial charge in [-0.05, 0) is 12.2 Å². The van der Waals surface area contributed by atoms with E-state index in [1.54, 1.807) is 21.0 Å². The molecule has 0 aromatic rings. The smallest absolute Gasteiger partial charge is 0.246 e. The summed E-state index contributed by atoms with van der Waals surface area (Å²) < 4.78 is 0. The van der Waals surface area contributed by atoms with E-state index in [1.165, 1.54) is 20.9 Å². The van der Waals surface area contributed by atoms with Gasteiger partial charge in [0.1, 0.15) is 0 Å². The molecule has 0 radical (unpaired) electrons. The van der Waals surface area contributed by atoms with Crippen LogP contribution in [0.1, 0.15) is 6.92 Å². The number of thiocarbonyl (C=S) groups is 1. The number of quaternary nitrogens is 1. The van der Waals surface area contributed by atoms with E-state index in [1.807, 2.05) is 4.90 Å². The number of amides is 3. The van der Waals surface area contributed by atoms with Gasteiger partial charge in [-0.3, -0.25) is 29.2 Å². The summed E-state index contributed by atoms with van der Waals surface area (Å²) in [6.45, 7) is 6.28. The Morgan fingerprint density at radius 1 is 1.25 bits per heavy atom. The summed E-state index contributed by atoms with van der Waals surface area (Å²) in [5, 5.41) is 0.211. The van der Waals surface area contributed by atoms with Crippen LogP contribution < -0.4 is 4.90 Å². The van der Waals surface area contributed by atoms with Crippen LogP contribution >= 0.6 is 12.2 Å². The van der Waals surface area contributed by atoms with Crippen LogP contribution in [0.3, 0.4) is 0 Å². The van der Waals surface area contributed by atoms with Gasteiger partial charge < -0.3 is 9.80 Å². The number of carbonyl (C=O) groups excluding carboxylic acids is 3. The predicted octanol–water partition coefficient (Wildman–Crippen LogP) is -2.36. The van der Waals surface area contributed by atoms with E-state index in [9.17, 15) is 14.4 Å². The first-order valence-corrected chi connectivity index (χ1v) is 8.42. The Bertz CT molecular complexity index is 547. The van der Waals surface area contributed by atoms with Crippen LogP contribution in [0.4, 0.5) is 0 Å². The van der Waals surface area contributed by atoms with Crippen molar-refractivity contribution in [1.82, 2.24) is 14.7 Å². The number of nitrogens with one attached hydrogen (secondary N) is 1. The summed E-state index contributed by atoms with van der Waals surface area (Å²) in [6.07, 6.45) is 1.44. The number of piperazine rings is 1. The summed E-state index contributed by atoms with van der Waals surface area (Å²) in [7, 11) is 3.13. The van der Waals surface area contributed by atoms with Crippen LogP contribution in [-0.2, 0) is 14.4 Å². The molecule has 9 heteroatoms. The van der Waals surface area contributed by atoms with E-state index >= 15 is 0 Å². The highest BCUT2D eigenvalue weighted by molar-refractivity contribution is 7.80. The largest absolute Gasteiger partial charge is 0.332 e. The zero-order chi connectivity index (χ0) is 17.9. The SMILES string of the molecule is CC(=O)N1CC[NH+](CCN=CC2C(=O)N(C)C(=S)N(C)C2=O)CC1. The van der Waals surface area contributed by atoms with E-state index in [4.69, 9.17) is 12.2 Å². The standard InChI is InChI=1S/C15H23N5O3S/c1-11(21)20-8-6-19(7-9-20)5-4-16-10-12-13(22)17(2)15(24)18(3)14(12)23/h10,12H,4-9H2,1-3H3/p+1. The molecule has 0 aliphatic carbocycles. The molecule has 2 heterocycles. The topological polar surface area (TPSA) is 77.7 Å². The van der Waals surface area contributed by atoms with E-state index < -0.39 is 5.92 Å². The fourth-order valence-corrected chi connectivity index (χ4v) is 3.03. The maximum atomic E-state index is 12.1. The second-order valence-electron chi connectivity index (χ2n) is 6.12. The van der Waals surface area contributed by atoms with Gasteiger partial charge in [-0.25, -0.2) is 0 Å². The molecule has 2 aliphatic heterocycles. The van der Waals surface area contributed by atoms with Gasteiger partial charge in [-0.1, -0.05) is 0 Å². The Morgan fingerprint density at radius 3 is 2.29 bits per heavy atom. The van der Waals surface area contributed by atoms with Crippen molar-refractivity contribution in [2.45, 2.75) is 6.92 Å². The molecule has 0 atom stereocenters. The van der Waals surface area contributed by atoms with Crippen molar-refractivity contribution in [3.63, 3.8) is 0 Å². The van der Waals surface area contributed by atoms with Crippen molar-refractivity contribution in [2.24, 2.45) is 10.9 Å². The maximum Gasteiger partial charge on any atom is 0.246 e. The van der Waals surface area contributed by atoms with Crippen LogP contribution in [0.5, 0.6) is 0 Å². The van der Waals surface area contributed by atoms with Crippen LogP contribution in [0.15, 0.2) is 4.99 Å². The Kier molecular flexibility index (Phi) is 6.00. The lowest BCUT2D eigenvalue weighted by Gasteiger charge is -2.33. The van der Waals surface area contributed by atoms with Crippen molar-refractivity contribution in [3.05, 3.63) is 0 Å². The molecule has 0 spiro atoms. The van der Waals surface area contributed by atoms with E-state index in [2.05, 4.69) is 4.99 Å². The van der Waals surface area contributed by atoms with Gasteiger partial charge in [0.15, 0.2) is 11.0 Å². The fourth-order valence-electron chi connectivity index (χ4n) is 2.85. The second kappa shape index (κ2) is 7.80. The molecule has 0 saturated carbocycles. The quantitative estimate of drug-likeness (QED) is 0.348. The zero-order valence-corrected chi connectivity index (χ0v) is 15.1. The Balaban J connectivity index is 1.82. The van der Waals surface area contributed by atoms with Crippen LogP contribution in [-0.4, -0.2) is 97.1 Å². The summed E-state index contributed by atoms with van der Waals surface area (Å²) in [4.78, 5) is 45.7. The van der Waals surface area contributed by atoms with Crippen LogP contribution in [0, 0.1) is 5.92 Å². The highest BCUT2D eigenvalue weighted by atomic mass is 32.1. The Morgan fingerprint density at radius 2 is 1.79 bits per heavy atom. The molecular formula is C15H24N5O3S+. The van der Waals surface area contributed by atoms with Gasteiger partial charge in [0.2, 0.25) is 17.7 Å². The van der Waals surface area contributed by atoms with Crippen molar-refractivity contribution in [3.8, 4) is 0 Å². The summed E-state index contributed by atoms with van der Waals surface area (Å²) in [5.41, 5.74) is 0. The first-order chi connectivity index (χ1) is 11.3. The maximum absolute atomic E-state index is 12.1. The van der Waals surface area contributed by atoms with Crippen LogP contribution in [0.2, 0.25) is 0 Å². The van der Waals surface area contributed by atoms with Crippen molar-refractivity contribution in [1.29, 1.82) is 0 Å². The molecular weight excluding hydrogens is 330 g/mol. The minimum Gasteiger partial charge on any atom is -0.332 e. The van der Waals surface area contributed by atoms with Gasteiger partial charge in [0.25, 0.3) is 0 Å². The molecule has 2 fully saturated rings. The highest BCUT2D eigenvalue weighted by Gasteiger charge is 2.39. The monoisotopic (exact) mass is 354 g/mol. The molecule has 132 valence electrons. The number of hydrogen-bond acceptors (Lipinski definition) is 5. The average molecular weight is 354 g/mol. The molecule has 2 rings (SSSR count). The second-order valence-corrected chi connectivity index (χ2v) is 6.48. The number of hydrogen-bond donors (Lipinski definition) is 1.